The van der Waals surface area contributed by atoms with Crippen molar-refractivity contribution in [3.05, 3.63) is 22.2 Å². The van der Waals surface area contributed by atoms with Gasteiger partial charge in [0, 0.05) is 11.6 Å². The van der Waals surface area contributed by atoms with E-state index in [4.69, 9.17) is 9.47 Å². The van der Waals surface area contributed by atoms with Crippen molar-refractivity contribution in [1.82, 2.24) is 5.32 Å². The molecule has 3 nitrogen and oxygen atoms in total. The van der Waals surface area contributed by atoms with Crippen LogP contribution in [0.4, 0.5) is 0 Å². The van der Waals surface area contributed by atoms with Crippen molar-refractivity contribution in [3.8, 4) is 11.5 Å². The second kappa shape index (κ2) is 6.81. The Morgan fingerprint density at radius 2 is 2.00 bits per heavy atom. The Labute approximate surface area is 130 Å². The lowest BCUT2D eigenvalue weighted by Crippen LogP contribution is -2.27. The Morgan fingerprint density at radius 3 is 2.50 bits per heavy atom. The highest BCUT2D eigenvalue weighted by Gasteiger charge is 2.33. The molecule has 0 saturated heterocycles. The summed E-state index contributed by atoms with van der Waals surface area (Å²) < 4.78 is 11.9. The van der Waals surface area contributed by atoms with Crippen LogP contribution in [-0.4, -0.2) is 21.3 Å². The first-order valence-corrected chi connectivity index (χ1v) is 8.01. The van der Waals surface area contributed by atoms with Gasteiger partial charge in [-0.1, -0.05) is 19.8 Å². The SMILES string of the molecule is CNC(c1ccc(OC)c(Br)c1OC)C1CCCC1C. The summed E-state index contributed by atoms with van der Waals surface area (Å²) in [7, 11) is 5.43. The van der Waals surface area contributed by atoms with Gasteiger partial charge >= 0.3 is 0 Å². The predicted molar refractivity (Wildman–Crippen MR) is 85.6 cm³/mol. The van der Waals surface area contributed by atoms with Gasteiger partial charge in [0.15, 0.2) is 0 Å². The van der Waals surface area contributed by atoms with Crippen LogP contribution in [0.1, 0.15) is 37.8 Å². The topological polar surface area (TPSA) is 30.5 Å². The maximum atomic E-state index is 5.63. The summed E-state index contributed by atoms with van der Waals surface area (Å²) >= 11 is 3.60. The number of hydrogen-bond donors (Lipinski definition) is 1. The molecule has 0 bridgehead atoms. The Kier molecular flexibility index (Phi) is 5.33. The summed E-state index contributed by atoms with van der Waals surface area (Å²) in [6, 6.07) is 4.45. The fourth-order valence-corrected chi connectivity index (χ4v) is 4.12. The summed E-state index contributed by atoms with van der Waals surface area (Å²) in [4.78, 5) is 0. The minimum atomic E-state index is 0.324. The zero-order valence-corrected chi connectivity index (χ0v) is 14.3. The maximum Gasteiger partial charge on any atom is 0.141 e. The van der Waals surface area contributed by atoms with Crippen LogP contribution in [0.3, 0.4) is 0 Å². The summed E-state index contributed by atoms with van der Waals surface area (Å²) in [6.45, 7) is 2.35. The van der Waals surface area contributed by atoms with E-state index in [2.05, 4.69) is 34.2 Å². The molecule has 3 unspecified atom stereocenters. The molecule has 1 aromatic carbocycles. The molecule has 1 aromatic rings. The number of ether oxygens (including phenoxy) is 2. The van der Waals surface area contributed by atoms with Gasteiger partial charge in [-0.2, -0.15) is 0 Å². The molecule has 3 atom stereocenters. The van der Waals surface area contributed by atoms with Gasteiger partial charge in [0.25, 0.3) is 0 Å². The third-order valence-corrected chi connectivity index (χ3v) is 5.27. The van der Waals surface area contributed by atoms with E-state index in [9.17, 15) is 0 Å². The van der Waals surface area contributed by atoms with Gasteiger partial charge < -0.3 is 14.8 Å². The summed E-state index contributed by atoms with van der Waals surface area (Å²) in [5, 5.41) is 3.49. The van der Waals surface area contributed by atoms with Crippen molar-refractivity contribution in [2.45, 2.75) is 32.2 Å². The summed E-state index contributed by atoms with van der Waals surface area (Å²) in [6.07, 6.45) is 3.92. The van der Waals surface area contributed by atoms with Crippen LogP contribution >= 0.6 is 15.9 Å². The molecular formula is C16H24BrNO2. The maximum absolute atomic E-state index is 5.63. The van der Waals surface area contributed by atoms with Gasteiger partial charge in [0.05, 0.1) is 14.2 Å². The van der Waals surface area contributed by atoms with E-state index in [0.717, 1.165) is 21.9 Å². The van der Waals surface area contributed by atoms with Crippen LogP contribution in [0.2, 0.25) is 0 Å². The van der Waals surface area contributed by atoms with Crippen molar-refractivity contribution in [2.24, 2.45) is 11.8 Å². The molecule has 112 valence electrons. The minimum absolute atomic E-state index is 0.324. The second-order valence-corrected chi connectivity index (χ2v) is 6.34. The fourth-order valence-electron chi connectivity index (χ4n) is 3.43. The van der Waals surface area contributed by atoms with Crippen LogP contribution in [0.15, 0.2) is 16.6 Å². The van der Waals surface area contributed by atoms with Crippen molar-refractivity contribution >= 4 is 15.9 Å². The van der Waals surface area contributed by atoms with Crippen LogP contribution in [0.25, 0.3) is 0 Å². The molecule has 0 aliphatic heterocycles. The van der Waals surface area contributed by atoms with E-state index in [1.807, 2.05) is 13.1 Å². The van der Waals surface area contributed by atoms with Crippen molar-refractivity contribution in [3.63, 3.8) is 0 Å². The molecule has 1 N–H and O–H groups in total. The predicted octanol–water partition coefficient (Wildman–Crippen LogP) is 4.16. The second-order valence-electron chi connectivity index (χ2n) is 5.54. The zero-order chi connectivity index (χ0) is 14.7. The molecule has 1 aliphatic carbocycles. The Morgan fingerprint density at radius 1 is 1.25 bits per heavy atom. The van der Waals surface area contributed by atoms with Gasteiger partial charge in [0.1, 0.15) is 16.0 Å². The zero-order valence-electron chi connectivity index (χ0n) is 12.7. The molecule has 1 fully saturated rings. The molecular weight excluding hydrogens is 318 g/mol. The lowest BCUT2D eigenvalue weighted by Gasteiger charge is -2.29. The minimum Gasteiger partial charge on any atom is -0.495 e. The highest BCUT2D eigenvalue weighted by Crippen LogP contribution is 2.46. The number of halogens is 1. The lowest BCUT2D eigenvalue weighted by atomic mass is 9.85. The van der Waals surface area contributed by atoms with Crippen molar-refractivity contribution in [1.29, 1.82) is 0 Å². The molecule has 4 heteroatoms. The largest absolute Gasteiger partial charge is 0.495 e. The third kappa shape index (κ3) is 2.82. The average Bonchev–Trinajstić information content (AvgIpc) is 2.86. The molecule has 0 amide bonds. The van der Waals surface area contributed by atoms with Gasteiger partial charge in [-0.15, -0.1) is 0 Å². The first-order chi connectivity index (χ1) is 9.63. The first kappa shape index (κ1) is 15.6. The Balaban J connectivity index is 2.41. The lowest BCUT2D eigenvalue weighted by molar-refractivity contribution is 0.303. The molecule has 0 heterocycles. The van der Waals surface area contributed by atoms with E-state index in [1.54, 1.807) is 14.2 Å². The smallest absolute Gasteiger partial charge is 0.141 e. The van der Waals surface area contributed by atoms with Gasteiger partial charge in [-0.25, -0.2) is 0 Å². The number of nitrogens with one attached hydrogen (secondary N) is 1. The van der Waals surface area contributed by atoms with Crippen LogP contribution in [0, 0.1) is 11.8 Å². The molecule has 1 aliphatic rings. The van der Waals surface area contributed by atoms with Crippen LogP contribution < -0.4 is 14.8 Å². The van der Waals surface area contributed by atoms with E-state index in [-0.39, 0.29) is 0 Å². The highest BCUT2D eigenvalue weighted by molar-refractivity contribution is 9.10. The molecule has 0 spiro atoms. The number of benzene rings is 1. The van der Waals surface area contributed by atoms with Crippen LogP contribution in [-0.2, 0) is 0 Å². The first-order valence-electron chi connectivity index (χ1n) is 7.21. The van der Waals surface area contributed by atoms with Gasteiger partial charge in [0.2, 0.25) is 0 Å². The number of rotatable bonds is 5. The van der Waals surface area contributed by atoms with Crippen molar-refractivity contribution in [2.75, 3.05) is 21.3 Å². The number of hydrogen-bond acceptors (Lipinski definition) is 3. The van der Waals surface area contributed by atoms with E-state index in [1.165, 1.54) is 24.8 Å². The molecule has 0 aromatic heterocycles. The van der Waals surface area contributed by atoms with E-state index in [0.29, 0.717) is 12.0 Å². The Bertz CT molecular complexity index is 464. The van der Waals surface area contributed by atoms with E-state index < -0.39 is 0 Å². The van der Waals surface area contributed by atoms with E-state index >= 15 is 0 Å². The summed E-state index contributed by atoms with van der Waals surface area (Å²) in [5.41, 5.74) is 1.21. The quantitative estimate of drug-likeness (QED) is 0.871. The molecule has 0 radical (unpaired) electrons. The highest BCUT2D eigenvalue weighted by atomic mass is 79.9. The van der Waals surface area contributed by atoms with Gasteiger partial charge in [-0.3, -0.25) is 0 Å². The molecule has 1 saturated carbocycles. The average molecular weight is 342 g/mol. The van der Waals surface area contributed by atoms with Gasteiger partial charge in [-0.05, 0) is 53.4 Å². The monoisotopic (exact) mass is 341 g/mol. The molecule has 2 rings (SSSR count). The van der Waals surface area contributed by atoms with Crippen molar-refractivity contribution < 1.29 is 9.47 Å². The summed E-state index contributed by atoms with van der Waals surface area (Å²) in [5.74, 6) is 3.09. The normalized spacial score (nSPS) is 23.6. The third-order valence-electron chi connectivity index (χ3n) is 4.52. The van der Waals surface area contributed by atoms with Crippen LogP contribution in [0.5, 0.6) is 11.5 Å². The Hall–Kier alpha value is -0.740. The fraction of sp³-hybridized carbons (Fsp3) is 0.625. The molecule has 20 heavy (non-hydrogen) atoms. The number of methoxy groups -OCH3 is 2. The standard InChI is InChI=1S/C16H24BrNO2/c1-10-6-5-7-11(10)15(18-2)12-8-9-13(19-3)14(17)16(12)20-4/h8-11,15,18H,5-7H2,1-4H3.